The number of carbonyl (C=O) groups excluding carboxylic acids is 2. The van der Waals surface area contributed by atoms with Crippen LogP contribution in [0.3, 0.4) is 0 Å². The van der Waals surface area contributed by atoms with Gasteiger partial charge in [0.25, 0.3) is 5.91 Å². The molecule has 29 heavy (non-hydrogen) atoms. The molecule has 148 valence electrons. The van der Waals surface area contributed by atoms with Crippen LogP contribution < -0.4 is 10.1 Å². The molecule has 0 spiro atoms. The Morgan fingerprint density at radius 3 is 2.45 bits per heavy atom. The number of benzene rings is 1. The second-order valence-electron chi connectivity index (χ2n) is 5.95. The zero-order valence-corrected chi connectivity index (χ0v) is 16.6. The fraction of sp³-hybridized carbons (Fsp3) is 0.143. The molecule has 2 heterocycles. The van der Waals surface area contributed by atoms with E-state index < -0.39 is 11.9 Å². The maximum atomic E-state index is 12.4. The number of hydrogen-bond acceptors (Lipinski definition) is 6. The standard InChI is InChI=1S/C21H18ClN3O4/c1-3-28-21(27)17-9-10-18(24-13(17)2)20(26)25-15-6-11-19(23-12-15)29-16-7-4-14(22)5-8-16/h4-12H,3H2,1-2H3,(H,25,26). The third-order valence-electron chi connectivity index (χ3n) is 3.84. The Balaban J connectivity index is 1.65. The highest BCUT2D eigenvalue weighted by molar-refractivity contribution is 6.30. The first-order chi connectivity index (χ1) is 14.0. The Kier molecular flexibility index (Phi) is 6.41. The van der Waals surface area contributed by atoms with Gasteiger partial charge in [0.2, 0.25) is 5.88 Å². The molecule has 2 aromatic heterocycles. The maximum Gasteiger partial charge on any atom is 0.339 e. The monoisotopic (exact) mass is 411 g/mol. The van der Waals surface area contributed by atoms with Crippen molar-refractivity contribution in [1.29, 1.82) is 0 Å². The van der Waals surface area contributed by atoms with Crippen LogP contribution in [-0.2, 0) is 4.74 Å². The molecule has 1 aromatic carbocycles. The number of amides is 1. The van der Waals surface area contributed by atoms with Gasteiger partial charge in [-0.1, -0.05) is 11.6 Å². The molecular formula is C21H18ClN3O4. The highest BCUT2D eigenvalue weighted by Gasteiger charge is 2.15. The van der Waals surface area contributed by atoms with Gasteiger partial charge in [-0.3, -0.25) is 4.79 Å². The number of rotatable bonds is 6. The maximum absolute atomic E-state index is 12.4. The van der Waals surface area contributed by atoms with Crippen LogP contribution in [0.1, 0.15) is 33.5 Å². The first-order valence-corrected chi connectivity index (χ1v) is 9.19. The third-order valence-corrected chi connectivity index (χ3v) is 4.10. The lowest BCUT2D eigenvalue weighted by molar-refractivity contribution is 0.0524. The number of aromatic nitrogens is 2. The number of ether oxygens (including phenoxy) is 2. The van der Waals surface area contributed by atoms with Crippen molar-refractivity contribution in [1.82, 2.24) is 9.97 Å². The number of aryl methyl sites for hydroxylation is 1. The summed E-state index contributed by atoms with van der Waals surface area (Å²) >= 11 is 5.84. The van der Waals surface area contributed by atoms with Crippen molar-refractivity contribution in [3.8, 4) is 11.6 Å². The molecular weight excluding hydrogens is 394 g/mol. The normalized spacial score (nSPS) is 10.3. The predicted octanol–water partition coefficient (Wildman–Crippen LogP) is 4.66. The van der Waals surface area contributed by atoms with Gasteiger partial charge in [0.05, 0.1) is 29.7 Å². The first kappa shape index (κ1) is 20.3. The predicted molar refractivity (Wildman–Crippen MR) is 109 cm³/mol. The molecule has 0 atom stereocenters. The van der Waals surface area contributed by atoms with Gasteiger partial charge in [0.1, 0.15) is 11.4 Å². The van der Waals surface area contributed by atoms with Crippen LogP contribution in [0.5, 0.6) is 11.6 Å². The van der Waals surface area contributed by atoms with E-state index in [1.165, 1.54) is 18.3 Å². The second-order valence-corrected chi connectivity index (χ2v) is 6.38. The summed E-state index contributed by atoms with van der Waals surface area (Å²) in [7, 11) is 0. The van der Waals surface area contributed by atoms with Gasteiger partial charge < -0.3 is 14.8 Å². The van der Waals surface area contributed by atoms with Crippen molar-refractivity contribution >= 4 is 29.2 Å². The fourth-order valence-electron chi connectivity index (χ4n) is 2.45. The molecule has 0 fully saturated rings. The summed E-state index contributed by atoms with van der Waals surface area (Å²) in [5, 5.41) is 3.32. The van der Waals surface area contributed by atoms with Gasteiger partial charge in [-0.15, -0.1) is 0 Å². The Hall–Kier alpha value is -3.45. The van der Waals surface area contributed by atoms with Crippen molar-refractivity contribution in [3.05, 3.63) is 76.7 Å². The minimum atomic E-state index is -0.468. The molecule has 8 heteroatoms. The molecule has 0 bridgehead atoms. The zero-order valence-electron chi connectivity index (χ0n) is 15.8. The van der Waals surface area contributed by atoms with Crippen molar-refractivity contribution < 1.29 is 19.1 Å². The molecule has 1 N–H and O–H groups in total. The molecule has 0 unspecified atom stereocenters. The van der Waals surface area contributed by atoms with Gasteiger partial charge >= 0.3 is 5.97 Å². The third kappa shape index (κ3) is 5.30. The lowest BCUT2D eigenvalue weighted by atomic mass is 10.2. The van der Waals surface area contributed by atoms with Gasteiger partial charge in [-0.2, -0.15) is 0 Å². The van der Waals surface area contributed by atoms with Crippen LogP contribution in [0.2, 0.25) is 5.02 Å². The van der Waals surface area contributed by atoms with Crippen LogP contribution in [0, 0.1) is 6.92 Å². The smallest absolute Gasteiger partial charge is 0.339 e. The van der Waals surface area contributed by atoms with E-state index in [1.807, 2.05) is 0 Å². The Labute approximate surface area is 172 Å². The van der Waals surface area contributed by atoms with Crippen molar-refractivity contribution in [2.75, 3.05) is 11.9 Å². The van der Waals surface area contributed by atoms with Crippen molar-refractivity contribution in [3.63, 3.8) is 0 Å². The van der Waals surface area contributed by atoms with Crippen LogP contribution in [0.4, 0.5) is 5.69 Å². The minimum absolute atomic E-state index is 0.178. The topological polar surface area (TPSA) is 90.4 Å². The summed E-state index contributed by atoms with van der Waals surface area (Å²) in [6.45, 7) is 3.64. The van der Waals surface area contributed by atoms with Crippen LogP contribution in [-0.4, -0.2) is 28.5 Å². The van der Waals surface area contributed by atoms with E-state index >= 15 is 0 Å². The summed E-state index contributed by atoms with van der Waals surface area (Å²) in [4.78, 5) is 32.6. The first-order valence-electron chi connectivity index (χ1n) is 8.82. The quantitative estimate of drug-likeness (QED) is 0.593. The fourth-order valence-corrected chi connectivity index (χ4v) is 2.57. The average Bonchev–Trinajstić information content (AvgIpc) is 2.71. The van der Waals surface area contributed by atoms with Gasteiger partial charge in [0, 0.05) is 11.1 Å². The number of hydrogen-bond donors (Lipinski definition) is 1. The van der Waals surface area contributed by atoms with Gasteiger partial charge in [0.15, 0.2) is 0 Å². The molecule has 0 radical (unpaired) electrons. The zero-order chi connectivity index (χ0) is 20.8. The SMILES string of the molecule is CCOC(=O)c1ccc(C(=O)Nc2ccc(Oc3ccc(Cl)cc3)nc2)nc1C. The van der Waals surface area contributed by atoms with E-state index in [-0.39, 0.29) is 12.3 Å². The minimum Gasteiger partial charge on any atom is -0.462 e. The van der Waals surface area contributed by atoms with E-state index in [2.05, 4.69) is 15.3 Å². The highest BCUT2D eigenvalue weighted by atomic mass is 35.5. The second kappa shape index (κ2) is 9.16. The van der Waals surface area contributed by atoms with Gasteiger partial charge in [-0.05, 0) is 56.3 Å². The lowest BCUT2D eigenvalue weighted by Crippen LogP contribution is -2.16. The number of esters is 1. The number of anilines is 1. The van der Waals surface area contributed by atoms with E-state index in [0.29, 0.717) is 33.6 Å². The summed E-state index contributed by atoms with van der Waals surface area (Å²) in [5.41, 5.74) is 1.40. The molecule has 3 rings (SSSR count). The summed E-state index contributed by atoms with van der Waals surface area (Å²) in [6, 6.07) is 13.2. The molecule has 7 nitrogen and oxygen atoms in total. The Bertz CT molecular complexity index is 1020. The number of carbonyl (C=O) groups is 2. The summed E-state index contributed by atoms with van der Waals surface area (Å²) in [5.74, 6) is 0.0831. The average molecular weight is 412 g/mol. The number of halogens is 1. The molecule has 3 aromatic rings. The highest BCUT2D eigenvalue weighted by Crippen LogP contribution is 2.22. The van der Waals surface area contributed by atoms with E-state index in [0.717, 1.165) is 0 Å². The largest absolute Gasteiger partial charge is 0.462 e. The molecule has 0 saturated heterocycles. The van der Waals surface area contributed by atoms with Crippen LogP contribution in [0.15, 0.2) is 54.7 Å². The molecule has 1 amide bonds. The number of pyridine rings is 2. The molecule has 0 saturated carbocycles. The van der Waals surface area contributed by atoms with E-state index in [1.54, 1.807) is 50.2 Å². The molecule has 0 aliphatic carbocycles. The Morgan fingerprint density at radius 2 is 1.83 bits per heavy atom. The van der Waals surface area contributed by atoms with E-state index in [9.17, 15) is 9.59 Å². The lowest BCUT2D eigenvalue weighted by Gasteiger charge is -2.09. The Morgan fingerprint density at radius 1 is 1.07 bits per heavy atom. The van der Waals surface area contributed by atoms with Crippen LogP contribution in [0.25, 0.3) is 0 Å². The number of nitrogens with zero attached hydrogens (tertiary/aromatic N) is 2. The molecule has 0 aliphatic rings. The molecule has 0 aliphatic heterocycles. The van der Waals surface area contributed by atoms with Crippen molar-refractivity contribution in [2.24, 2.45) is 0 Å². The summed E-state index contributed by atoms with van der Waals surface area (Å²) < 4.78 is 10.6. The number of nitrogens with one attached hydrogen (secondary N) is 1. The summed E-state index contributed by atoms with van der Waals surface area (Å²) in [6.07, 6.45) is 1.48. The van der Waals surface area contributed by atoms with E-state index in [4.69, 9.17) is 21.1 Å². The van der Waals surface area contributed by atoms with Crippen molar-refractivity contribution in [2.45, 2.75) is 13.8 Å². The van der Waals surface area contributed by atoms with Gasteiger partial charge in [-0.25, -0.2) is 14.8 Å². The van der Waals surface area contributed by atoms with Crippen LogP contribution >= 0.6 is 11.6 Å².